The largest absolute Gasteiger partial charge is 0.452 e. The maximum absolute atomic E-state index is 13.2. The number of anilines is 1. The van der Waals surface area contributed by atoms with Crippen LogP contribution in [0.3, 0.4) is 0 Å². The Labute approximate surface area is 166 Å². The molecule has 3 nitrogen and oxygen atoms in total. The molecule has 0 saturated heterocycles. The maximum atomic E-state index is 13.2. The fourth-order valence-corrected chi connectivity index (χ4v) is 4.85. The summed E-state index contributed by atoms with van der Waals surface area (Å²) >= 11 is 3.39. The summed E-state index contributed by atoms with van der Waals surface area (Å²) in [5, 5.41) is 5.97. The molecule has 0 radical (unpaired) electrons. The van der Waals surface area contributed by atoms with E-state index in [0.717, 1.165) is 23.4 Å². The third-order valence-corrected chi connectivity index (χ3v) is 6.04. The van der Waals surface area contributed by atoms with E-state index in [4.69, 9.17) is 4.42 Å². The Hall–Kier alpha value is -2.33. The van der Waals surface area contributed by atoms with Gasteiger partial charge in [0.15, 0.2) is 10.5 Å². The van der Waals surface area contributed by atoms with Crippen LogP contribution in [-0.2, 0) is 4.79 Å². The van der Waals surface area contributed by atoms with Gasteiger partial charge in [-0.05, 0) is 62.3 Å². The zero-order chi connectivity index (χ0) is 18.8. The minimum atomic E-state index is -0.247. The van der Waals surface area contributed by atoms with E-state index in [1.54, 1.807) is 0 Å². The highest BCUT2D eigenvalue weighted by molar-refractivity contribution is 9.10. The molecule has 1 N–H and O–H groups in total. The minimum Gasteiger partial charge on any atom is -0.452 e. The summed E-state index contributed by atoms with van der Waals surface area (Å²) in [5.41, 5.74) is 4.22. The van der Waals surface area contributed by atoms with Gasteiger partial charge < -0.3 is 9.73 Å². The topological polar surface area (TPSA) is 42.2 Å². The number of carbonyl (C=O) groups excluding carboxylic acids is 1. The zero-order valence-electron chi connectivity index (χ0n) is 15.3. The molecule has 0 amide bonds. The number of nitrogens with one attached hydrogen (secondary N) is 1. The lowest BCUT2D eigenvalue weighted by molar-refractivity contribution is -0.118. The average molecular weight is 422 g/mol. The van der Waals surface area contributed by atoms with Crippen LogP contribution in [0.1, 0.15) is 44.1 Å². The number of halogens is 1. The Morgan fingerprint density at radius 3 is 2.67 bits per heavy atom. The second-order valence-electron chi connectivity index (χ2n) is 8.26. The van der Waals surface area contributed by atoms with Crippen molar-refractivity contribution in [2.45, 2.75) is 32.7 Å². The first kappa shape index (κ1) is 16.8. The number of allylic oxidation sites excluding steroid dienone is 1. The van der Waals surface area contributed by atoms with Gasteiger partial charge in [-0.3, -0.25) is 4.79 Å². The first-order valence-corrected chi connectivity index (χ1v) is 10.0. The van der Waals surface area contributed by atoms with Crippen LogP contribution in [0.4, 0.5) is 5.69 Å². The highest BCUT2D eigenvalue weighted by Gasteiger charge is 2.41. The Morgan fingerprint density at radius 1 is 1.07 bits per heavy atom. The van der Waals surface area contributed by atoms with Gasteiger partial charge in [-0.25, -0.2) is 0 Å². The Balaban J connectivity index is 1.81. The molecule has 1 aliphatic carbocycles. The summed E-state index contributed by atoms with van der Waals surface area (Å²) < 4.78 is 6.52. The molecule has 2 aromatic carbocycles. The van der Waals surface area contributed by atoms with Gasteiger partial charge in [0.25, 0.3) is 0 Å². The van der Waals surface area contributed by atoms with Gasteiger partial charge in [0, 0.05) is 23.2 Å². The smallest absolute Gasteiger partial charge is 0.169 e. The molecular weight excluding hydrogens is 402 g/mol. The molecule has 0 unspecified atom stereocenters. The molecule has 0 bridgehead atoms. The normalized spacial score (nSPS) is 21.0. The van der Waals surface area contributed by atoms with Gasteiger partial charge in [-0.15, -0.1) is 0 Å². The van der Waals surface area contributed by atoms with Crippen LogP contribution in [-0.4, -0.2) is 5.78 Å². The third-order valence-electron chi connectivity index (χ3n) is 5.62. The molecule has 0 fully saturated rings. The van der Waals surface area contributed by atoms with Crippen molar-refractivity contribution in [1.82, 2.24) is 0 Å². The molecule has 1 aliphatic heterocycles. The molecule has 0 saturated carbocycles. The van der Waals surface area contributed by atoms with Crippen molar-refractivity contribution < 1.29 is 9.21 Å². The van der Waals surface area contributed by atoms with Crippen LogP contribution in [0.25, 0.3) is 16.3 Å². The second-order valence-corrected chi connectivity index (χ2v) is 9.04. The van der Waals surface area contributed by atoms with Crippen molar-refractivity contribution in [2.24, 2.45) is 5.41 Å². The number of hydrogen-bond donors (Lipinski definition) is 1. The first-order chi connectivity index (χ1) is 12.9. The van der Waals surface area contributed by atoms with E-state index in [9.17, 15) is 4.79 Å². The number of fused-ring (bicyclic) bond motifs is 4. The van der Waals surface area contributed by atoms with E-state index in [1.807, 2.05) is 12.1 Å². The lowest BCUT2D eigenvalue weighted by Crippen LogP contribution is -2.33. The predicted molar refractivity (Wildman–Crippen MR) is 112 cm³/mol. The molecule has 4 heteroatoms. The number of furan rings is 1. The van der Waals surface area contributed by atoms with Gasteiger partial charge in [-0.1, -0.05) is 44.2 Å². The van der Waals surface area contributed by atoms with E-state index in [-0.39, 0.29) is 17.2 Å². The predicted octanol–water partition coefficient (Wildman–Crippen LogP) is 6.50. The van der Waals surface area contributed by atoms with Gasteiger partial charge in [0.2, 0.25) is 0 Å². The quantitative estimate of drug-likeness (QED) is 0.487. The molecule has 1 atom stereocenters. The minimum absolute atomic E-state index is 0.0459. The van der Waals surface area contributed by atoms with Crippen molar-refractivity contribution in [1.29, 1.82) is 0 Å². The highest BCUT2D eigenvalue weighted by atomic mass is 79.9. The van der Waals surface area contributed by atoms with Gasteiger partial charge in [-0.2, -0.15) is 0 Å². The SMILES string of the molecule is CC1(C)CC(=O)C2=C(C1)c1c(ccc3ccccc13)N[C@H]2c1ccc(Br)o1. The van der Waals surface area contributed by atoms with Crippen LogP contribution >= 0.6 is 15.9 Å². The molecule has 3 aromatic rings. The summed E-state index contributed by atoms with van der Waals surface area (Å²) in [6.45, 7) is 4.36. The Bertz CT molecular complexity index is 1120. The summed E-state index contributed by atoms with van der Waals surface area (Å²) in [7, 11) is 0. The number of benzene rings is 2. The molecule has 2 heterocycles. The van der Waals surface area contributed by atoms with Crippen molar-refractivity contribution >= 4 is 43.7 Å². The summed E-state index contributed by atoms with van der Waals surface area (Å²) in [6, 6.07) is 16.2. The van der Waals surface area contributed by atoms with E-state index in [1.165, 1.54) is 21.9 Å². The molecule has 0 spiro atoms. The summed E-state index contributed by atoms with van der Waals surface area (Å²) in [5.74, 6) is 0.978. The Kier molecular flexibility index (Phi) is 3.63. The van der Waals surface area contributed by atoms with Gasteiger partial charge in [0.1, 0.15) is 11.8 Å². The van der Waals surface area contributed by atoms with Crippen LogP contribution in [0.15, 0.2) is 63.2 Å². The second kappa shape index (κ2) is 5.83. The van der Waals surface area contributed by atoms with Crippen molar-refractivity contribution in [3.05, 3.63) is 70.1 Å². The van der Waals surface area contributed by atoms with Crippen LogP contribution in [0.5, 0.6) is 0 Å². The van der Waals surface area contributed by atoms with E-state index >= 15 is 0 Å². The molecular formula is C23H20BrNO2. The Morgan fingerprint density at radius 2 is 1.89 bits per heavy atom. The zero-order valence-corrected chi connectivity index (χ0v) is 16.9. The van der Waals surface area contributed by atoms with Crippen molar-refractivity contribution in [3.63, 3.8) is 0 Å². The number of hydrogen-bond acceptors (Lipinski definition) is 3. The number of Topliss-reactive ketones (excluding diaryl/α,β-unsaturated/α-hetero) is 1. The molecule has 5 rings (SSSR count). The van der Waals surface area contributed by atoms with Gasteiger partial charge >= 0.3 is 0 Å². The molecule has 2 aliphatic rings. The molecule has 27 heavy (non-hydrogen) atoms. The lowest BCUT2D eigenvalue weighted by atomic mass is 9.68. The maximum Gasteiger partial charge on any atom is 0.169 e. The number of carbonyl (C=O) groups is 1. The van der Waals surface area contributed by atoms with Gasteiger partial charge in [0.05, 0.1) is 0 Å². The molecule has 1 aromatic heterocycles. The lowest BCUT2D eigenvalue weighted by Gasteiger charge is -2.39. The van der Waals surface area contributed by atoms with Crippen LogP contribution in [0, 0.1) is 5.41 Å². The van der Waals surface area contributed by atoms with Crippen LogP contribution < -0.4 is 5.32 Å². The van der Waals surface area contributed by atoms with Crippen LogP contribution in [0.2, 0.25) is 0 Å². The highest BCUT2D eigenvalue weighted by Crippen LogP contribution is 2.52. The summed E-state index contributed by atoms with van der Waals surface area (Å²) in [4.78, 5) is 13.2. The molecule has 136 valence electrons. The van der Waals surface area contributed by atoms with Crippen molar-refractivity contribution in [3.8, 4) is 0 Å². The van der Waals surface area contributed by atoms with E-state index in [2.05, 4.69) is 71.5 Å². The fraction of sp³-hybridized carbons (Fsp3) is 0.261. The number of ketones is 1. The van der Waals surface area contributed by atoms with Crippen molar-refractivity contribution in [2.75, 3.05) is 5.32 Å². The standard InChI is InChI=1S/C23H20BrNO2/c1-23(2)11-15-20-14-6-4-3-5-13(14)7-8-16(20)25-22(21(15)17(26)12-23)18-9-10-19(24)27-18/h3-10,22,25H,11-12H2,1-2H3/t22-/m0/s1. The first-order valence-electron chi connectivity index (χ1n) is 9.23. The monoisotopic (exact) mass is 421 g/mol. The summed E-state index contributed by atoms with van der Waals surface area (Å²) in [6.07, 6.45) is 1.45. The third kappa shape index (κ3) is 2.66. The fourth-order valence-electron chi connectivity index (χ4n) is 4.53. The van der Waals surface area contributed by atoms with E-state index < -0.39 is 0 Å². The van der Waals surface area contributed by atoms with E-state index in [0.29, 0.717) is 11.1 Å². The average Bonchev–Trinajstić information content (AvgIpc) is 3.05. The number of rotatable bonds is 1.